The molecule has 0 aliphatic carbocycles. The van der Waals surface area contributed by atoms with E-state index < -0.39 is 0 Å². The molecule has 0 rings (SSSR count). The molecule has 0 aromatic rings. The molecule has 0 aromatic heterocycles. The molecule has 0 aliphatic rings. The SMILES string of the molecule is C=CCCCCCCC/C=C/C=O. The Bertz CT molecular complexity index is 147. The summed E-state index contributed by atoms with van der Waals surface area (Å²) < 4.78 is 0. The smallest absolute Gasteiger partial charge is 0.142 e. The van der Waals surface area contributed by atoms with Gasteiger partial charge in [-0.05, 0) is 31.8 Å². The molecule has 1 heteroatoms. The van der Waals surface area contributed by atoms with Gasteiger partial charge in [-0.15, -0.1) is 6.58 Å². The quantitative estimate of drug-likeness (QED) is 0.229. The number of carbonyl (C=O) groups is 1. The molecule has 0 bridgehead atoms. The number of carbonyl (C=O) groups excluding carboxylic acids is 1. The Hall–Kier alpha value is -0.850. The van der Waals surface area contributed by atoms with Gasteiger partial charge in [0.1, 0.15) is 6.29 Å². The first-order valence-electron chi connectivity index (χ1n) is 5.13. The highest BCUT2D eigenvalue weighted by Crippen LogP contribution is 2.07. The second-order valence-electron chi connectivity index (χ2n) is 3.20. The van der Waals surface area contributed by atoms with Crippen LogP contribution in [0.1, 0.15) is 44.9 Å². The summed E-state index contributed by atoms with van der Waals surface area (Å²) in [6.45, 7) is 3.69. The number of unbranched alkanes of at least 4 members (excludes halogenated alkanes) is 6. The van der Waals surface area contributed by atoms with Crippen molar-refractivity contribution in [1.29, 1.82) is 0 Å². The van der Waals surface area contributed by atoms with E-state index in [4.69, 9.17) is 0 Å². The van der Waals surface area contributed by atoms with Gasteiger partial charge >= 0.3 is 0 Å². The molecular weight excluding hydrogens is 160 g/mol. The Morgan fingerprint density at radius 2 is 1.54 bits per heavy atom. The third-order valence-electron chi connectivity index (χ3n) is 1.99. The molecule has 0 saturated carbocycles. The van der Waals surface area contributed by atoms with Gasteiger partial charge in [-0.3, -0.25) is 4.79 Å². The molecule has 0 aliphatic heterocycles. The minimum atomic E-state index is 0.837. The minimum Gasteiger partial charge on any atom is -0.299 e. The molecule has 0 radical (unpaired) electrons. The van der Waals surface area contributed by atoms with E-state index in [9.17, 15) is 4.79 Å². The molecule has 0 heterocycles. The lowest BCUT2D eigenvalue weighted by atomic mass is 10.1. The third kappa shape index (κ3) is 11.1. The summed E-state index contributed by atoms with van der Waals surface area (Å²) in [6, 6.07) is 0. The first kappa shape index (κ1) is 12.2. The highest BCUT2D eigenvalue weighted by atomic mass is 16.1. The molecule has 74 valence electrons. The molecule has 0 N–H and O–H groups in total. The summed E-state index contributed by atoms with van der Waals surface area (Å²) in [6.07, 6.45) is 14.9. The Balaban J connectivity index is 2.95. The predicted molar refractivity (Wildman–Crippen MR) is 57.7 cm³/mol. The van der Waals surface area contributed by atoms with Crippen LogP contribution in [-0.4, -0.2) is 6.29 Å². The van der Waals surface area contributed by atoms with Gasteiger partial charge in [-0.1, -0.05) is 31.4 Å². The number of rotatable bonds is 9. The Morgan fingerprint density at radius 3 is 2.15 bits per heavy atom. The Morgan fingerprint density at radius 1 is 0.923 bits per heavy atom. The fourth-order valence-corrected chi connectivity index (χ4v) is 1.23. The molecule has 0 amide bonds. The van der Waals surface area contributed by atoms with E-state index in [0.717, 1.165) is 19.1 Å². The van der Waals surface area contributed by atoms with E-state index in [2.05, 4.69) is 6.58 Å². The van der Waals surface area contributed by atoms with E-state index in [1.54, 1.807) is 6.08 Å². The van der Waals surface area contributed by atoms with Crippen LogP contribution >= 0.6 is 0 Å². The molecule has 0 spiro atoms. The van der Waals surface area contributed by atoms with Gasteiger partial charge in [0.05, 0.1) is 0 Å². The van der Waals surface area contributed by atoms with E-state index in [-0.39, 0.29) is 0 Å². The van der Waals surface area contributed by atoms with Gasteiger partial charge in [0.25, 0.3) is 0 Å². The van der Waals surface area contributed by atoms with Crippen LogP contribution in [0.4, 0.5) is 0 Å². The van der Waals surface area contributed by atoms with Crippen LogP contribution < -0.4 is 0 Å². The van der Waals surface area contributed by atoms with Crippen LogP contribution in [0.25, 0.3) is 0 Å². The molecule has 1 nitrogen and oxygen atoms in total. The zero-order valence-corrected chi connectivity index (χ0v) is 8.37. The first-order chi connectivity index (χ1) is 6.41. The zero-order chi connectivity index (χ0) is 9.78. The fourth-order valence-electron chi connectivity index (χ4n) is 1.23. The van der Waals surface area contributed by atoms with Crippen LogP contribution in [0.3, 0.4) is 0 Å². The summed E-state index contributed by atoms with van der Waals surface area (Å²) in [7, 11) is 0. The maximum atomic E-state index is 9.92. The fraction of sp³-hybridized carbons (Fsp3) is 0.583. The van der Waals surface area contributed by atoms with Crippen molar-refractivity contribution in [3.63, 3.8) is 0 Å². The van der Waals surface area contributed by atoms with E-state index in [0.29, 0.717) is 0 Å². The molecule has 0 aromatic carbocycles. The van der Waals surface area contributed by atoms with Crippen LogP contribution in [0.5, 0.6) is 0 Å². The zero-order valence-electron chi connectivity index (χ0n) is 8.37. The average molecular weight is 180 g/mol. The highest BCUT2D eigenvalue weighted by molar-refractivity contribution is 5.64. The summed E-state index contributed by atoms with van der Waals surface area (Å²) in [4.78, 5) is 9.92. The largest absolute Gasteiger partial charge is 0.299 e. The van der Waals surface area contributed by atoms with Gasteiger partial charge < -0.3 is 0 Å². The van der Waals surface area contributed by atoms with Crippen molar-refractivity contribution < 1.29 is 4.79 Å². The first-order valence-corrected chi connectivity index (χ1v) is 5.13. The lowest BCUT2D eigenvalue weighted by Gasteiger charge is -1.97. The van der Waals surface area contributed by atoms with Crippen molar-refractivity contribution in [3.05, 3.63) is 24.8 Å². The highest BCUT2D eigenvalue weighted by Gasteiger charge is 1.87. The summed E-state index contributed by atoms with van der Waals surface area (Å²) >= 11 is 0. The average Bonchev–Trinajstić information content (AvgIpc) is 2.16. The minimum absolute atomic E-state index is 0.837. The van der Waals surface area contributed by atoms with E-state index in [1.807, 2.05) is 12.2 Å². The summed E-state index contributed by atoms with van der Waals surface area (Å²) in [5.41, 5.74) is 0. The number of hydrogen-bond acceptors (Lipinski definition) is 1. The van der Waals surface area contributed by atoms with Gasteiger partial charge in [-0.2, -0.15) is 0 Å². The van der Waals surface area contributed by atoms with Crippen molar-refractivity contribution in [2.24, 2.45) is 0 Å². The molecule has 0 atom stereocenters. The maximum Gasteiger partial charge on any atom is 0.142 e. The van der Waals surface area contributed by atoms with Gasteiger partial charge in [0, 0.05) is 0 Å². The lowest BCUT2D eigenvalue weighted by Crippen LogP contribution is -1.78. The number of allylic oxidation sites excluding steroid dienone is 3. The second kappa shape index (κ2) is 11.2. The van der Waals surface area contributed by atoms with Crippen LogP contribution in [0, 0.1) is 0 Å². The third-order valence-corrected chi connectivity index (χ3v) is 1.99. The van der Waals surface area contributed by atoms with Gasteiger partial charge in [-0.25, -0.2) is 0 Å². The monoisotopic (exact) mass is 180 g/mol. The molecule has 0 saturated heterocycles. The van der Waals surface area contributed by atoms with Crippen LogP contribution in [0.15, 0.2) is 24.8 Å². The summed E-state index contributed by atoms with van der Waals surface area (Å²) in [5, 5.41) is 0. The van der Waals surface area contributed by atoms with Gasteiger partial charge in [0.15, 0.2) is 0 Å². The van der Waals surface area contributed by atoms with Crippen molar-refractivity contribution in [2.45, 2.75) is 44.9 Å². The molecular formula is C12H20O. The lowest BCUT2D eigenvalue weighted by molar-refractivity contribution is -0.104. The standard InChI is InChI=1S/C12H20O/c1-2-3-4-5-6-7-8-9-10-11-12-13/h2,10-12H,1,3-9H2/b11-10+. The summed E-state index contributed by atoms with van der Waals surface area (Å²) in [5.74, 6) is 0. The van der Waals surface area contributed by atoms with Crippen molar-refractivity contribution in [2.75, 3.05) is 0 Å². The molecule has 0 unspecified atom stereocenters. The van der Waals surface area contributed by atoms with Crippen molar-refractivity contribution in [1.82, 2.24) is 0 Å². The van der Waals surface area contributed by atoms with Crippen LogP contribution in [0.2, 0.25) is 0 Å². The maximum absolute atomic E-state index is 9.92. The Kier molecular flexibility index (Phi) is 10.4. The number of hydrogen-bond donors (Lipinski definition) is 0. The topological polar surface area (TPSA) is 17.1 Å². The second-order valence-corrected chi connectivity index (χ2v) is 3.20. The molecule has 0 fully saturated rings. The van der Waals surface area contributed by atoms with Crippen molar-refractivity contribution in [3.8, 4) is 0 Å². The van der Waals surface area contributed by atoms with Gasteiger partial charge in [0.2, 0.25) is 0 Å². The van der Waals surface area contributed by atoms with E-state index >= 15 is 0 Å². The van der Waals surface area contributed by atoms with E-state index in [1.165, 1.54) is 32.1 Å². The van der Waals surface area contributed by atoms with Crippen LogP contribution in [-0.2, 0) is 4.79 Å². The van der Waals surface area contributed by atoms with Crippen molar-refractivity contribution >= 4 is 6.29 Å². The normalized spacial score (nSPS) is 10.5. The predicted octanol–water partition coefficient (Wildman–Crippen LogP) is 3.66. The molecule has 13 heavy (non-hydrogen) atoms. The number of aldehydes is 1. The Labute approximate surface area is 81.5 Å².